The summed E-state index contributed by atoms with van der Waals surface area (Å²) >= 11 is 0. The molecule has 0 bridgehead atoms. The summed E-state index contributed by atoms with van der Waals surface area (Å²) in [5.41, 5.74) is -0.460. The van der Waals surface area contributed by atoms with Gasteiger partial charge in [-0.05, 0) is 30.6 Å². The van der Waals surface area contributed by atoms with Gasteiger partial charge in [0.2, 0.25) is 0 Å². The van der Waals surface area contributed by atoms with Gasteiger partial charge in [0.05, 0.1) is 27.5 Å². The Morgan fingerprint density at radius 3 is 1.85 bits per heavy atom. The Labute approximate surface area is 134 Å². The smallest absolute Gasteiger partial charge is 0.0645 e. The molecular weight excluding hydrogens is 242 g/mol. The molecule has 0 spiro atoms. The Kier molecular flexibility index (Phi) is 0.952. The van der Waals surface area contributed by atoms with Crippen LogP contribution in [0.1, 0.15) is 22.0 Å². The maximum absolute atomic E-state index is 8.47. The molecule has 0 unspecified atom stereocenters. The lowest BCUT2D eigenvalue weighted by molar-refractivity contribution is 1.15. The van der Waals surface area contributed by atoms with Crippen LogP contribution < -0.4 is 0 Å². The van der Waals surface area contributed by atoms with E-state index in [1.807, 2.05) is 0 Å². The normalized spacial score (nSPS) is 19.6. The molecule has 20 heavy (non-hydrogen) atoms. The van der Waals surface area contributed by atoms with Crippen LogP contribution in [0.25, 0.3) is 27.5 Å². The summed E-state index contributed by atoms with van der Waals surface area (Å²) in [6, 6.07) is -6.35. The van der Waals surface area contributed by atoms with Crippen molar-refractivity contribution in [1.29, 1.82) is 0 Å². The van der Waals surface area contributed by atoms with Crippen LogP contribution in [0.15, 0.2) is 72.5 Å². The van der Waals surface area contributed by atoms with Crippen LogP contribution in [-0.2, 0) is 0 Å². The third kappa shape index (κ3) is 1.50. The van der Waals surface area contributed by atoms with Crippen molar-refractivity contribution in [3.8, 4) is 5.69 Å². The Balaban J connectivity index is 2.50. The van der Waals surface area contributed by atoms with E-state index in [4.69, 9.17) is 16.4 Å². The lowest BCUT2D eigenvalue weighted by atomic mass is 10.2. The quantitative estimate of drug-likeness (QED) is 0.453. The first kappa shape index (κ1) is 4.49. The summed E-state index contributed by atoms with van der Waals surface area (Å²) < 4.78 is 99.7. The van der Waals surface area contributed by atoms with Crippen LogP contribution in [0.4, 0.5) is 0 Å². The third-order valence-electron chi connectivity index (χ3n) is 3.10. The molecule has 3 aromatic carbocycles. The molecule has 0 aliphatic carbocycles. The van der Waals surface area contributed by atoms with E-state index in [2.05, 4.69) is 0 Å². The first-order valence-corrected chi connectivity index (χ1v) is 5.92. The number of rotatable bonds is 1. The fourth-order valence-electron chi connectivity index (χ4n) is 2.24. The summed E-state index contributed by atoms with van der Waals surface area (Å²) in [5, 5.41) is -0.297. The van der Waals surface area contributed by atoms with Crippen LogP contribution >= 0.6 is 0 Å². The number of aromatic nitrogens is 1. The van der Waals surface area contributed by atoms with Crippen molar-refractivity contribution in [2.45, 2.75) is 6.92 Å². The summed E-state index contributed by atoms with van der Waals surface area (Å²) in [5.74, 6) is 0. The van der Waals surface area contributed by atoms with Crippen molar-refractivity contribution in [2.24, 2.45) is 0 Å². The number of hydrogen-bond donors (Lipinski definition) is 0. The van der Waals surface area contributed by atoms with Crippen molar-refractivity contribution in [3.63, 3.8) is 0 Å². The van der Waals surface area contributed by atoms with Crippen molar-refractivity contribution in [3.05, 3.63) is 78.1 Å². The van der Waals surface area contributed by atoms with E-state index in [1.165, 1.54) is 6.92 Å². The SMILES string of the molecule is [2H]c1c([2H])c([2H])c(-n2c3c([2H])c([2H])c([2H])c([2H])c3c3c([2H])c([2H])c([2H])c([2H])c32)c(C)c1[2H]. The second-order valence-corrected chi connectivity index (χ2v) is 4.26. The van der Waals surface area contributed by atoms with Gasteiger partial charge in [0.1, 0.15) is 0 Å². The highest BCUT2D eigenvalue weighted by molar-refractivity contribution is 6.09. The Morgan fingerprint density at radius 1 is 0.700 bits per heavy atom. The van der Waals surface area contributed by atoms with Crippen LogP contribution in [-0.4, -0.2) is 4.57 Å². The number of hydrogen-bond acceptors (Lipinski definition) is 0. The van der Waals surface area contributed by atoms with Crippen LogP contribution in [0.2, 0.25) is 0 Å². The predicted octanol–water partition coefficient (Wildman–Crippen LogP) is 5.09. The molecule has 4 aromatic rings. The molecule has 0 fully saturated rings. The van der Waals surface area contributed by atoms with E-state index in [0.717, 1.165) is 4.57 Å². The van der Waals surface area contributed by atoms with Crippen molar-refractivity contribution in [2.75, 3.05) is 0 Å². The standard InChI is InChI=1S/C19H15N/c1-14-8-2-5-11-17(14)20-18-12-6-3-9-15(18)16-10-4-7-13-19(16)20/h2-13H,1H3/i2D,3D,4D,5D,6D,7D,8D,9D,10D,11D,12D,13D. The zero-order valence-corrected chi connectivity index (χ0v) is 10.4. The molecule has 1 heteroatoms. The monoisotopic (exact) mass is 269 g/mol. The number of benzene rings is 3. The Bertz CT molecular complexity index is 1400. The van der Waals surface area contributed by atoms with E-state index in [-0.39, 0.29) is 39.1 Å². The fourth-order valence-corrected chi connectivity index (χ4v) is 2.24. The van der Waals surface area contributed by atoms with Crippen molar-refractivity contribution in [1.82, 2.24) is 4.57 Å². The number of fused-ring (bicyclic) bond motifs is 3. The highest BCUT2D eigenvalue weighted by Gasteiger charge is 2.11. The average molecular weight is 269 g/mol. The fraction of sp³-hybridized carbons (Fsp3) is 0.0526. The van der Waals surface area contributed by atoms with E-state index < -0.39 is 66.5 Å². The molecule has 0 radical (unpaired) electrons. The summed E-state index contributed by atoms with van der Waals surface area (Å²) in [7, 11) is 0. The first-order chi connectivity index (χ1) is 14.8. The zero-order valence-electron chi connectivity index (χ0n) is 22.4. The molecule has 0 amide bonds. The molecule has 1 heterocycles. The van der Waals surface area contributed by atoms with Crippen LogP contribution in [0, 0.1) is 6.92 Å². The van der Waals surface area contributed by atoms with Crippen molar-refractivity contribution >= 4 is 21.8 Å². The topological polar surface area (TPSA) is 4.93 Å². The summed E-state index contributed by atoms with van der Waals surface area (Å²) in [6.07, 6.45) is 0. The van der Waals surface area contributed by atoms with Gasteiger partial charge in [-0.1, -0.05) is 54.4 Å². The highest BCUT2D eigenvalue weighted by atomic mass is 15.0. The third-order valence-corrected chi connectivity index (χ3v) is 3.10. The minimum Gasteiger partial charge on any atom is -0.309 e. The minimum absolute atomic E-state index is 0.0645. The van der Waals surface area contributed by atoms with E-state index in [1.54, 1.807) is 0 Å². The maximum Gasteiger partial charge on any atom is 0.0645 e. The van der Waals surface area contributed by atoms with E-state index >= 15 is 0 Å². The molecule has 4 rings (SSSR count). The molecule has 1 nitrogen and oxygen atoms in total. The lowest BCUT2D eigenvalue weighted by Crippen LogP contribution is -1.96. The Hall–Kier alpha value is -2.54. The molecule has 96 valence electrons. The van der Waals surface area contributed by atoms with Gasteiger partial charge in [0.15, 0.2) is 0 Å². The Morgan fingerprint density at radius 2 is 1.20 bits per heavy atom. The molecule has 0 saturated carbocycles. The molecule has 0 aliphatic heterocycles. The van der Waals surface area contributed by atoms with Crippen LogP contribution in [0.5, 0.6) is 0 Å². The highest BCUT2D eigenvalue weighted by Crippen LogP contribution is 2.32. The molecule has 0 atom stereocenters. The second-order valence-electron chi connectivity index (χ2n) is 4.26. The molecule has 0 aliphatic rings. The summed E-state index contributed by atoms with van der Waals surface area (Å²) in [6.45, 7) is 1.42. The van der Waals surface area contributed by atoms with Gasteiger partial charge < -0.3 is 4.57 Å². The number of nitrogens with zero attached hydrogens (tertiary/aromatic N) is 1. The van der Waals surface area contributed by atoms with Gasteiger partial charge in [-0.3, -0.25) is 0 Å². The zero-order chi connectivity index (χ0) is 24.0. The van der Waals surface area contributed by atoms with Gasteiger partial charge in [-0.2, -0.15) is 0 Å². The van der Waals surface area contributed by atoms with Gasteiger partial charge in [0, 0.05) is 16.5 Å². The largest absolute Gasteiger partial charge is 0.309 e. The molecular formula is C19H15N. The van der Waals surface area contributed by atoms with E-state index in [9.17, 15) is 0 Å². The maximum atomic E-state index is 8.47. The summed E-state index contributed by atoms with van der Waals surface area (Å²) in [4.78, 5) is 0. The van der Waals surface area contributed by atoms with Gasteiger partial charge in [-0.15, -0.1) is 0 Å². The van der Waals surface area contributed by atoms with Gasteiger partial charge in [0.25, 0.3) is 0 Å². The molecule has 0 N–H and O–H groups in total. The average Bonchev–Trinajstić information content (AvgIpc) is 3.12. The molecule has 1 aromatic heterocycles. The van der Waals surface area contributed by atoms with E-state index in [0.29, 0.717) is 0 Å². The first-order valence-electron chi connectivity index (χ1n) is 11.9. The van der Waals surface area contributed by atoms with Crippen molar-refractivity contribution < 1.29 is 16.4 Å². The minimum atomic E-state index is -0.597. The predicted molar refractivity (Wildman–Crippen MR) is 85.5 cm³/mol. The second kappa shape index (κ2) is 4.24. The van der Waals surface area contributed by atoms with Crippen LogP contribution in [0.3, 0.4) is 0 Å². The van der Waals surface area contributed by atoms with Gasteiger partial charge >= 0.3 is 0 Å². The molecule has 0 saturated heterocycles. The lowest BCUT2D eigenvalue weighted by Gasteiger charge is -2.10. The van der Waals surface area contributed by atoms with Gasteiger partial charge in [-0.25, -0.2) is 0 Å². The number of para-hydroxylation sites is 3.